The first-order chi connectivity index (χ1) is 7.69. The summed E-state index contributed by atoms with van der Waals surface area (Å²) in [4.78, 5) is 24.0. The fourth-order valence-electron chi connectivity index (χ4n) is 1.35. The number of rotatable bonds is 2. The van der Waals surface area contributed by atoms with E-state index in [9.17, 15) is 9.59 Å². The molecule has 0 spiro atoms. The van der Waals surface area contributed by atoms with Crippen LogP contribution in [0.4, 0.5) is 0 Å². The number of carbonyl (C=O) groups excluding carboxylic acids is 2. The molecule has 0 fully saturated rings. The summed E-state index contributed by atoms with van der Waals surface area (Å²) >= 11 is -0.374. The van der Waals surface area contributed by atoms with Crippen LogP contribution in [0.2, 0.25) is 0 Å². The minimum absolute atomic E-state index is 0.374. The molecule has 0 saturated heterocycles. The molecule has 2 rings (SSSR count). The Hall–Kier alpha value is -0.830. The van der Waals surface area contributed by atoms with Crippen LogP contribution < -0.4 is 0 Å². The van der Waals surface area contributed by atoms with Gasteiger partial charge in [0, 0.05) is 0 Å². The fourth-order valence-corrected chi connectivity index (χ4v) is 5.28. The molecule has 0 atom stereocenters. The number of carbonyl (C=O) groups is 2. The maximum absolute atomic E-state index is 11.5. The van der Waals surface area contributed by atoms with Crippen LogP contribution in [0.3, 0.4) is 0 Å². The molecule has 0 bridgehead atoms. The topological polar surface area (TPSA) is 52.6 Å². The molecule has 0 unspecified atom stereocenters. The summed E-state index contributed by atoms with van der Waals surface area (Å²) in [6, 6.07) is 0. The van der Waals surface area contributed by atoms with Gasteiger partial charge in [0.2, 0.25) is 0 Å². The molecule has 1 aliphatic rings. The van der Waals surface area contributed by atoms with Crippen molar-refractivity contribution in [1.29, 1.82) is 0 Å². The predicted molar refractivity (Wildman–Crippen MR) is 63.2 cm³/mol. The van der Waals surface area contributed by atoms with E-state index in [0.717, 1.165) is 22.1 Å². The van der Waals surface area contributed by atoms with Crippen molar-refractivity contribution >= 4 is 53.0 Å². The second-order valence-electron chi connectivity index (χ2n) is 2.94. The predicted octanol–water partition coefficient (Wildman–Crippen LogP) is -0.123. The second kappa shape index (κ2) is 4.58. The molecule has 0 saturated carbocycles. The van der Waals surface area contributed by atoms with Gasteiger partial charge >= 0.3 is 106 Å². The van der Waals surface area contributed by atoms with Crippen molar-refractivity contribution in [1.82, 2.24) is 0 Å². The van der Waals surface area contributed by atoms with Crippen molar-refractivity contribution < 1.29 is 19.1 Å². The molecule has 4 nitrogen and oxygen atoms in total. The third-order valence-corrected chi connectivity index (χ3v) is 5.40. The van der Waals surface area contributed by atoms with E-state index in [0.29, 0.717) is 9.73 Å². The summed E-state index contributed by atoms with van der Waals surface area (Å²) < 4.78 is 13.5. The summed E-state index contributed by atoms with van der Waals surface area (Å²) in [6.45, 7) is 0. The Labute approximate surface area is 105 Å². The van der Waals surface area contributed by atoms with Gasteiger partial charge in [0.15, 0.2) is 0 Å². The van der Waals surface area contributed by atoms with Crippen LogP contribution in [0, 0.1) is 0 Å². The van der Waals surface area contributed by atoms with Gasteiger partial charge in [-0.3, -0.25) is 0 Å². The Bertz CT molecular complexity index is 494. The molecular weight excluding hydrogens is 344 g/mol. The standard InChI is InChI=1S/C10H8O4STe/c1-13-9(11)7-5-3-16-4-6(5)8(15-7)10(12)14-2/h3-4H,1-2H3. The van der Waals surface area contributed by atoms with Crippen molar-refractivity contribution in [2.45, 2.75) is 0 Å². The van der Waals surface area contributed by atoms with Gasteiger partial charge in [-0.25, -0.2) is 0 Å². The van der Waals surface area contributed by atoms with Gasteiger partial charge < -0.3 is 0 Å². The molecule has 1 aromatic heterocycles. The number of esters is 2. The molecule has 0 radical (unpaired) electrons. The van der Waals surface area contributed by atoms with Gasteiger partial charge in [-0.05, 0) is 0 Å². The third kappa shape index (κ3) is 1.77. The third-order valence-electron chi connectivity index (χ3n) is 2.10. The molecule has 1 aromatic rings. The van der Waals surface area contributed by atoms with Gasteiger partial charge in [0.25, 0.3) is 0 Å². The number of fused-ring (bicyclic) bond motifs is 1. The molecule has 0 N–H and O–H groups in total. The van der Waals surface area contributed by atoms with E-state index in [2.05, 4.69) is 9.47 Å². The first-order valence-electron chi connectivity index (χ1n) is 4.34. The Morgan fingerprint density at radius 1 is 1.06 bits per heavy atom. The Kier molecular flexibility index (Phi) is 3.33. The molecule has 0 aromatic carbocycles. The van der Waals surface area contributed by atoms with Gasteiger partial charge in [-0.1, -0.05) is 0 Å². The molecule has 16 heavy (non-hydrogen) atoms. The first-order valence-corrected chi connectivity index (χ1v) is 7.85. The van der Waals surface area contributed by atoms with Crippen LogP contribution in [0.5, 0.6) is 0 Å². The van der Waals surface area contributed by atoms with E-state index in [-0.39, 0.29) is 20.4 Å². The summed E-state index contributed by atoms with van der Waals surface area (Å²) in [5.74, 6) is -0.786. The number of hydrogen-bond donors (Lipinski definition) is 0. The number of methoxy groups -OCH3 is 2. The van der Waals surface area contributed by atoms with Crippen molar-refractivity contribution in [2.75, 3.05) is 14.2 Å². The molecule has 84 valence electrons. The average molecular weight is 352 g/mol. The Morgan fingerprint density at radius 3 is 1.88 bits per heavy atom. The quantitative estimate of drug-likeness (QED) is 0.423. The van der Waals surface area contributed by atoms with Gasteiger partial charge in [-0.2, -0.15) is 0 Å². The molecule has 1 aliphatic heterocycles. The van der Waals surface area contributed by atoms with Crippen LogP contribution in [-0.2, 0) is 19.1 Å². The average Bonchev–Trinajstić information content (AvgIpc) is 2.87. The van der Waals surface area contributed by atoms with E-state index < -0.39 is 11.9 Å². The second-order valence-corrected chi connectivity index (χ2v) is 6.09. The minimum atomic E-state index is -0.393. The number of ether oxygens (including phenoxy) is 2. The van der Waals surface area contributed by atoms with E-state index in [1.54, 1.807) is 0 Å². The van der Waals surface area contributed by atoms with Gasteiger partial charge in [0.1, 0.15) is 0 Å². The first kappa shape index (κ1) is 11.6. The SMILES string of the molecule is COC(=O)C1=S=C(C(=O)OC)c2c[te]cc21. The van der Waals surface area contributed by atoms with Crippen LogP contribution >= 0.6 is 10.9 Å². The Balaban J connectivity index is 2.56. The van der Waals surface area contributed by atoms with Crippen molar-refractivity contribution in [3.63, 3.8) is 0 Å². The summed E-state index contributed by atoms with van der Waals surface area (Å²) in [5.41, 5.74) is 1.69. The monoisotopic (exact) mass is 354 g/mol. The molecule has 6 heteroatoms. The zero-order valence-corrected chi connectivity index (χ0v) is 11.8. The van der Waals surface area contributed by atoms with Crippen LogP contribution in [0.15, 0.2) is 8.16 Å². The van der Waals surface area contributed by atoms with Crippen LogP contribution in [0.1, 0.15) is 11.1 Å². The van der Waals surface area contributed by atoms with Crippen LogP contribution in [-0.4, -0.2) is 56.3 Å². The zero-order valence-electron chi connectivity index (χ0n) is 8.60. The summed E-state index contributed by atoms with van der Waals surface area (Å²) in [5, 5.41) is 0. The van der Waals surface area contributed by atoms with E-state index >= 15 is 0 Å². The van der Waals surface area contributed by atoms with E-state index in [4.69, 9.17) is 0 Å². The van der Waals surface area contributed by atoms with Gasteiger partial charge in [0.05, 0.1) is 0 Å². The van der Waals surface area contributed by atoms with Gasteiger partial charge in [-0.15, -0.1) is 0 Å². The molecule has 0 aliphatic carbocycles. The van der Waals surface area contributed by atoms with Crippen molar-refractivity contribution in [3.05, 3.63) is 19.3 Å². The normalized spacial score (nSPS) is 13.1. The molecular formula is C10H8O4STe. The van der Waals surface area contributed by atoms with Crippen molar-refractivity contribution in [2.24, 2.45) is 0 Å². The molecule has 0 amide bonds. The van der Waals surface area contributed by atoms with E-state index in [1.807, 2.05) is 8.16 Å². The number of hydrogen-bond acceptors (Lipinski definition) is 4. The fraction of sp³-hybridized carbons (Fsp3) is 0.200. The molecule has 2 heterocycles. The summed E-state index contributed by atoms with van der Waals surface area (Å²) in [6.07, 6.45) is 0. The summed E-state index contributed by atoms with van der Waals surface area (Å²) in [7, 11) is 3.81. The zero-order chi connectivity index (χ0) is 11.7. The van der Waals surface area contributed by atoms with E-state index in [1.165, 1.54) is 14.2 Å². The Morgan fingerprint density at radius 2 is 1.50 bits per heavy atom. The van der Waals surface area contributed by atoms with Crippen LogP contribution in [0.25, 0.3) is 0 Å². The maximum atomic E-state index is 11.5. The van der Waals surface area contributed by atoms with Crippen molar-refractivity contribution in [3.8, 4) is 0 Å².